The van der Waals surface area contributed by atoms with E-state index in [1.165, 1.54) is 96.9 Å². The van der Waals surface area contributed by atoms with Gasteiger partial charge in [0.25, 0.3) is 0 Å². The molecule has 7 aromatic rings. The fourth-order valence-corrected chi connectivity index (χ4v) is 7.20. The van der Waals surface area contributed by atoms with E-state index in [1.54, 1.807) is 11.1 Å². The van der Waals surface area contributed by atoms with Gasteiger partial charge in [-0.3, -0.25) is 0 Å². The second-order valence-electron chi connectivity index (χ2n) is 11.6. The van der Waals surface area contributed by atoms with Crippen molar-refractivity contribution >= 4 is 32.3 Å². The first-order chi connectivity index (χ1) is 20.2. The van der Waals surface area contributed by atoms with Crippen LogP contribution in [0.2, 0.25) is 0 Å². The molecule has 0 spiro atoms. The van der Waals surface area contributed by atoms with Crippen molar-refractivity contribution in [3.63, 3.8) is 0 Å². The summed E-state index contributed by atoms with van der Waals surface area (Å²) in [5.41, 5.74) is 12.4. The van der Waals surface area contributed by atoms with E-state index in [1.807, 2.05) is 0 Å². The maximum absolute atomic E-state index is 2.40. The first-order valence-electron chi connectivity index (χ1n) is 14.9. The molecule has 0 heterocycles. The van der Waals surface area contributed by atoms with E-state index in [0.717, 1.165) is 0 Å². The molecule has 0 amide bonds. The summed E-state index contributed by atoms with van der Waals surface area (Å²) >= 11 is 0. The van der Waals surface area contributed by atoms with Gasteiger partial charge in [0.1, 0.15) is 0 Å². The largest absolute Gasteiger partial charge is 0.0616 e. The number of benzene rings is 7. The van der Waals surface area contributed by atoms with Crippen LogP contribution in [-0.2, 0) is 12.8 Å². The lowest BCUT2D eigenvalue weighted by Crippen LogP contribution is -2.05. The van der Waals surface area contributed by atoms with E-state index < -0.39 is 0 Å². The summed E-state index contributed by atoms with van der Waals surface area (Å²) in [7, 11) is 0. The molecule has 0 nitrogen and oxygen atoms in total. The van der Waals surface area contributed by atoms with Gasteiger partial charge < -0.3 is 0 Å². The summed E-state index contributed by atoms with van der Waals surface area (Å²) in [6.07, 6.45) is 5.01. The number of hydrogen-bond acceptors (Lipinski definition) is 0. The molecular weight excluding hydrogens is 492 g/mol. The minimum absolute atomic E-state index is 1.19. The van der Waals surface area contributed by atoms with Crippen molar-refractivity contribution in [3.05, 3.63) is 144 Å². The average Bonchev–Trinajstić information content (AvgIpc) is 3.03. The molecule has 0 N–H and O–H groups in total. The van der Waals surface area contributed by atoms with Crippen molar-refractivity contribution in [1.82, 2.24) is 0 Å². The summed E-state index contributed by atoms with van der Waals surface area (Å²) in [6.45, 7) is 2.24. The topological polar surface area (TPSA) is 0 Å². The number of rotatable bonds is 3. The molecule has 1 aliphatic rings. The van der Waals surface area contributed by atoms with Crippen molar-refractivity contribution in [2.45, 2.75) is 32.6 Å². The maximum Gasteiger partial charge on any atom is -0.00262 e. The molecule has 1 aliphatic carbocycles. The Morgan fingerprint density at radius 1 is 0.439 bits per heavy atom. The molecule has 196 valence electrons. The van der Waals surface area contributed by atoms with Crippen LogP contribution in [0, 0.1) is 6.92 Å². The second kappa shape index (κ2) is 9.75. The Hall–Kier alpha value is -4.68. The third-order valence-electron chi connectivity index (χ3n) is 9.06. The van der Waals surface area contributed by atoms with Crippen molar-refractivity contribution in [2.24, 2.45) is 0 Å². The lowest BCUT2D eigenvalue weighted by atomic mass is 9.83. The highest BCUT2D eigenvalue weighted by atomic mass is 14.2. The van der Waals surface area contributed by atoms with Gasteiger partial charge in [0.05, 0.1) is 0 Å². The molecule has 41 heavy (non-hydrogen) atoms. The van der Waals surface area contributed by atoms with E-state index in [2.05, 4.69) is 134 Å². The van der Waals surface area contributed by atoms with Crippen LogP contribution in [0.3, 0.4) is 0 Å². The highest BCUT2D eigenvalue weighted by Crippen LogP contribution is 2.44. The van der Waals surface area contributed by atoms with Crippen LogP contribution in [0.5, 0.6) is 0 Å². The van der Waals surface area contributed by atoms with E-state index in [4.69, 9.17) is 0 Å². The molecule has 0 radical (unpaired) electrons. The van der Waals surface area contributed by atoms with Crippen LogP contribution in [0.1, 0.15) is 29.5 Å². The van der Waals surface area contributed by atoms with Crippen LogP contribution >= 0.6 is 0 Å². The maximum atomic E-state index is 2.40. The summed E-state index contributed by atoms with van der Waals surface area (Å²) in [5.74, 6) is 0. The van der Waals surface area contributed by atoms with Gasteiger partial charge in [-0.05, 0) is 115 Å². The Bertz CT molecular complexity index is 2040. The fraction of sp³-hybridized carbons (Fsp3) is 0.122. The monoisotopic (exact) mass is 524 g/mol. The normalized spacial score (nSPS) is 13.1. The van der Waals surface area contributed by atoms with Crippen molar-refractivity contribution < 1.29 is 0 Å². The lowest BCUT2D eigenvalue weighted by Gasteiger charge is -2.21. The van der Waals surface area contributed by atoms with E-state index in [0.29, 0.717) is 0 Å². The van der Waals surface area contributed by atoms with Gasteiger partial charge in [0.15, 0.2) is 0 Å². The molecule has 8 rings (SSSR count). The van der Waals surface area contributed by atoms with Crippen LogP contribution < -0.4 is 0 Å². The fourth-order valence-electron chi connectivity index (χ4n) is 7.20. The molecule has 0 aliphatic heterocycles. The van der Waals surface area contributed by atoms with Crippen LogP contribution in [0.15, 0.2) is 127 Å². The Kier molecular flexibility index (Phi) is 5.74. The molecule has 0 unspecified atom stereocenters. The van der Waals surface area contributed by atoms with Crippen LogP contribution in [0.25, 0.3) is 65.7 Å². The van der Waals surface area contributed by atoms with Gasteiger partial charge in [-0.2, -0.15) is 0 Å². The summed E-state index contributed by atoms with van der Waals surface area (Å²) in [6, 6.07) is 47.6. The third kappa shape index (κ3) is 4.06. The van der Waals surface area contributed by atoms with Crippen molar-refractivity contribution in [3.8, 4) is 33.4 Å². The third-order valence-corrected chi connectivity index (χ3v) is 9.06. The molecule has 0 atom stereocenters. The molecule has 0 bridgehead atoms. The Balaban J connectivity index is 1.34. The number of fused-ring (bicyclic) bond motifs is 4. The second-order valence-corrected chi connectivity index (χ2v) is 11.6. The minimum Gasteiger partial charge on any atom is -0.0616 e. The quantitative estimate of drug-likeness (QED) is 0.202. The number of aryl methyl sites for hydroxylation is 2. The molecule has 0 aromatic heterocycles. The first-order valence-corrected chi connectivity index (χ1v) is 14.9. The standard InChI is InChI=1S/C41H32/c1-27-24-32-12-4-5-13-34(32)39(25-27)29-19-21-30(22-20-29)40-35-14-6-8-16-37(35)41(38-17-9-7-15-36(38)40)33-23-18-28-10-2-3-11-31(28)26-33/h2-3,6-11,14-26H,4-5,12-13H2,1H3. The van der Waals surface area contributed by atoms with Gasteiger partial charge in [0.2, 0.25) is 0 Å². The smallest absolute Gasteiger partial charge is 0.00262 e. The first kappa shape index (κ1) is 24.1. The molecule has 0 saturated heterocycles. The molecule has 7 aromatic carbocycles. The zero-order chi connectivity index (χ0) is 27.3. The van der Waals surface area contributed by atoms with Crippen LogP contribution in [0.4, 0.5) is 0 Å². The van der Waals surface area contributed by atoms with Gasteiger partial charge >= 0.3 is 0 Å². The van der Waals surface area contributed by atoms with Crippen molar-refractivity contribution in [1.29, 1.82) is 0 Å². The Labute approximate surface area is 241 Å². The van der Waals surface area contributed by atoms with Crippen molar-refractivity contribution in [2.75, 3.05) is 0 Å². The highest BCUT2D eigenvalue weighted by molar-refractivity contribution is 6.21. The van der Waals surface area contributed by atoms with E-state index in [9.17, 15) is 0 Å². The predicted molar refractivity (Wildman–Crippen MR) is 177 cm³/mol. The Morgan fingerprint density at radius 3 is 1.66 bits per heavy atom. The zero-order valence-electron chi connectivity index (χ0n) is 23.5. The van der Waals surface area contributed by atoms with Crippen LogP contribution in [-0.4, -0.2) is 0 Å². The Morgan fingerprint density at radius 2 is 0.976 bits per heavy atom. The average molecular weight is 525 g/mol. The summed E-state index contributed by atoms with van der Waals surface area (Å²) < 4.78 is 0. The lowest BCUT2D eigenvalue weighted by molar-refractivity contribution is 0.686. The molecule has 0 saturated carbocycles. The summed E-state index contributed by atoms with van der Waals surface area (Å²) in [5, 5.41) is 7.75. The van der Waals surface area contributed by atoms with E-state index >= 15 is 0 Å². The minimum atomic E-state index is 1.19. The molecule has 0 fully saturated rings. The van der Waals surface area contributed by atoms with Gasteiger partial charge in [-0.1, -0.05) is 127 Å². The van der Waals surface area contributed by atoms with Gasteiger partial charge in [0, 0.05) is 0 Å². The SMILES string of the molecule is Cc1cc2c(c(-c3ccc(-c4c5ccccc5c(-c5ccc6ccccc6c5)c5ccccc45)cc3)c1)CCCC2. The van der Waals surface area contributed by atoms with Gasteiger partial charge in [-0.25, -0.2) is 0 Å². The predicted octanol–water partition coefficient (Wildman–Crippen LogP) is 11.3. The number of hydrogen-bond donors (Lipinski definition) is 0. The van der Waals surface area contributed by atoms with Gasteiger partial charge in [-0.15, -0.1) is 0 Å². The highest BCUT2D eigenvalue weighted by Gasteiger charge is 2.18. The summed E-state index contributed by atoms with van der Waals surface area (Å²) in [4.78, 5) is 0. The molecule has 0 heteroatoms. The molecular formula is C41H32. The zero-order valence-corrected chi connectivity index (χ0v) is 23.5. The van der Waals surface area contributed by atoms with E-state index in [-0.39, 0.29) is 0 Å².